The molecule has 0 bridgehead atoms. The van der Waals surface area contributed by atoms with Gasteiger partial charge in [-0.3, -0.25) is 0 Å². The van der Waals surface area contributed by atoms with Crippen LogP contribution in [0, 0.1) is 18.8 Å². The fourth-order valence-electron chi connectivity index (χ4n) is 1.98. The first-order chi connectivity index (χ1) is 10.3. The molecule has 0 spiro atoms. The van der Waals surface area contributed by atoms with Crippen LogP contribution in [0.2, 0.25) is 0 Å². The van der Waals surface area contributed by atoms with Crippen LogP contribution < -0.4 is 0 Å². The second-order valence-electron chi connectivity index (χ2n) is 5.40. The van der Waals surface area contributed by atoms with E-state index in [1.54, 1.807) is 31.2 Å². The van der Waals surface area contributed by atoms with Gasteiger partial charge in [0.25, 0.3) is 0 Å². The van der Waals surface area contributed by atoms with E-state index in [2.05, 4.69) is 25.0 Å². The van der Waals surface area contributed by atoms with Crippen LogP contribution in [0.25, 0.3) is 0 Å². The lowest BCUT2D eigenvalue weighted by atomic mass is 10.1. The van der Waals surface area contributed by atoms with Crippen molar-refractivity contribution in [3.63, 3.8) is 0 Å². The molecule has 4 heteroatoms. The fraction of sp³-hybridized carbons (Fsp3) is 0.333. The summed E-state index contributed by atoms with van der Waals surface area (Å²) >= 11 is 0. The lowest BCUT2D eigenvalue weighted by Gasteiger charge is -2.21. The van der Waals surface area contributed by atoms with Crippen molar-refractivity contribution < 1.29 is 8.42 Å². The summed E-state index contributed by atoms with van der Waals surface area (Å²) in [5, 5.41) is 0. The number of nitrogens with zero attached hydrogens (tertiary/aromatic N) is 1. The summed E-state index contributed by atoms with van der Waals surface area (Å²) in [6.07, 6.45) is 0.611. The van der Waals surface area contributed by atoms with Crippen LogP contribution in [0.4, 0.5) is 0 Å². The number of aryl methyl sites for hydroxylation is 1. The van der Waals surface area contributed by atoms with Crippen molar-refractivity contribution in [1.82, 2.24) is 4.31 Å². The van der Waals surface area contributed by atoms with Gasteiger partial charge in [0, 0.05) is 6.54 Å². The number of sulfonamides is 1. The molecule has 1 aromatic carbocycles. The minimum atomic E-state index is -3.58. The molecule has 0 amide bonds. The zero-order chi connectivity index (χ0) is 16.8. The standard InChI is InChI=1S/C18H23NO2S/c1-6-7-12-19(14-17(5)13-15(2)3)22(20,21)18-10-8-16(4)9-11-18/h8-11H,2,5,12-14H2,1,3-4H3. The molecule has 1 aromatic rings. The average molecular weight is 317 g/mol. The van der Waals surface area contributed by atoms with Crippen molar-refractivity contribution in [1.29, 1.82) is 0 Å². The molecule has 0 aliphatic rings. The molecule has 0 aliphatic carbocycles. The molecule has 1 rings (SSSR count). The van der Waals surface area contributed by atoms with Gasteiger partial charge in [0.1, 0.15) is 0 Å². The highest BCUT2D eigenvalue weighted by Gasteiger charge is 2.24. The second-order valence-corrected chi connectivity index (χ2v) is 7.33. The molecule has 0 aliphatic heterocycles. The van der Waals surface area contributed by atoms with Crippen molar-refractivity contribution in [2.75, 3.05) is 13.1 Å². The molecule has 0 atom stereocenters. The Kier molecular flexibility index (Phi) is 6.61. The summed E-state index contributed by atoms with van der Waals surface area (Å²) in [4.78, 5) is 0.277. The maximum Gasteiger partial charge on any atom is 0.244 e. The number of hydrogen-bond donors (Lipinski definition) is 0. The van der Waals surface area contributed by atoms with Crippen LogP contribution >= 0.6 is 0 Å². The summed E-state index contributed by atoms with van der Waals surface area (Å²) in [5.41, 5.74) is 2.78. The maximum absolute atomic E-state index is 12.8. The molecule has 0 saturated heterocycles. The van der Waals surface area contributed by atoms with Gasteiger partial charge in [-0.2, -0.15) is 4.31 Å². The monoisotopic (exact) mass is 317 g/mol. The summed E-state index contributed by atoms with van der Waals surface area (Å²) in [7, 11) is -3.58. The summed E-state index contributed by atoms with van der Waals surface area (Å²) in [6, 6.07) is 6.83. The number of hydrogen-bond acceptors (Lipinski definition) is 2. The Balaban J connectivity index is 3.07. The number of allylic oxidation sites excluding steroid dienone is 1. The van der Waals surface area contributed by atoms with Gasteiger partial charge in [0.15, 0.2) is 0 Å². The summed E-state index contributed by atoms with van der Waals surface area (Å²) < 4.78 is 26.9. The van der Waals surface area contributed by atoms with Gasteiger partial charge in [0.05, 0.1) is 11.4 Å². The molecule has 3 nitrogen and oxygen atoms in total. The quantitative estimate of drug-likeness (QED) is 0.570. The van der Waals surface area contributed by atoms with Gasteiger partial charge < -0.3 is 0 Å². The normalized spacial score (nSPS) is 10.9. The van der Waals surface area contributed by atoms with Gasteiger partial charge >= 0.3 is 0 Å². The minimum Gasteiger partial charge on any atom is -0.207 e. The molecule has 0 aromatic heterocycles. The van der Waals surface area contributed by atoms with Crippen molar-refractivity contribution in [3.05, 3.63) is 54.1 Å². The fourth-order valence-corrected chi connectivity index (χ4v) is 3.35. The molecule has 0 fully saturated rings. The van der Waals surface area contributed by atoms with Crippen LogP contribution in [0.5, 0.6) is 0 Å². The molecular formula is C18H23NO2S. The number of rotatable bonds is 7. The predicted octanol–water partition coefficient (Wildman–Crippen LogP) is 3.53. The Hall–Kier alpha value is -1.83. The summed E-state index contributed by atoms with van der Waals surface area (Å²) in [6.45, 7) is 13.7. The molecule has 22 heavy (non-hydrogen) atoms. The Bertz CT molecular complexity index is 704. The van der Waals surface area contributed by atoms with Gasteiger partial charge in [-0.15, -0.1) is 5.92 Å². The molecule has 0 saturated carbocycles. The van der Waals surface area contributed by atoms with Crippen molar-refractivity contribution in [2.24, 2.45) is 0 Å². The molecule has 0 heterocycles. The molecule has 0 radical (unpaired) electrons. The molecule has 118 valence electrons. The van der Waals surface area contributed by atoms with Crippen LogP contribution in [-0.4, -0.2) is 25.8 Å². The van der Waals surface area contributed by atoms with Gasteiger partial charge in [-0.1, -0.05) is 47.9 Å². The van der Waals surface area contributed by atoms with Gasteiger partial charge in [-0.25, -0.2) is 8.42 Å². The van der Waals surface area contributed by atoms with E-state index in [1.165, 1.54) is 4.31 Å². The third kappa shape index (κ3) is 5.18. The third-order valence-corrected chi connectivity index (χ3v) is 4.85. The Morgan fingerprint density at radius 3 is 2.32 bits per heavy atom. The minimum absolute atomic E-state index is 0.155. The topological polar surface area (TPSA) is 37.4 Å². The first-order valence-electron chi connectivity index (χ1n) is 7.05. The van der Waals surface area contributed by atoms with Crippen LogP contribution in [0.15, 0.2) is 53.5 Å². The first kappa shape index (κ1) is 18.2. The van der Waals surface area contributed by atoms with Crippen molar-refractivity contribution >= 4 is 10.0 Å². The second kappa shape index (κ2) is 7.98. The maximum atomic E-state index is 12.8. The average Bonchev–Trinajstić information content (AvgIpc) is 2.42. The molecular weight excluding hydrogens is 294 g/mol. The van der Waals surface area contributed by atoms with Crippen molar-refractivity contribution in [3.8, 4) is 11.8 Å². The van der Waals surface area contributed by atoms with Crippen LogP contribution in [0.3, 0.4) is 0 Å². The zero-order valence-corrected chi connectivity index (χ0v) is 14.3. The van der Waals surface area contributed by atoms with E-state index in [0.717, 1.165) is 16.7 Å². The van der Waals surface area contributed by atoms with E-state index in [-0.39, 0.29) is 18.0 Å². The smallest absolute Gasteiger partial charge is 0.207 e. The van der Waals surface area contributed by atoms with E-state index in [0.29, 0.717) is 6.42 Å². The van der Waals surface area contributed by atoms with Gasteiger partial charge in [-0.05, 0) is 39.3 Å². The highest BCUT2D eigenvalue weighted by atomic mass is 32.2. The summed E-state index contributed by atoms with van der Waals surface area (Å²) in [5.74, 6) is 5.57. The van der Waals surface area contributed by atoms with E-state index >= 15 is 0 Å². The SMILES string of the molecule is C=C(C)CC(=C)CN(CC#CC)S(=O)(=O)c1ccc(C)cc1. The zero-order valence-electron chi connectivity index (χ0n) is 13.5. The van der Waals surface area contributed by atoms with E-state index in [9.17, 15) is 8.42 Å². The van der Waals surface area contributed by atoms with Gasteiger partial charge in [0.2, 0.25) is 10.0 Å². The lowest BCUT2D eigenvalue weighted by molar-refractivity contribution is 0.469. The van der Waals surface area contributed by atoms with Crippen molar-refractivity contribution in [2.45, 2.75) is 32.1 Å². The predicted molar refractivity (Wildman–Crippen MR) is 92.0 cm³/mol. The first-order valence-corrected chi connectivity index (χ1v) is 8.49. The third-order valence-electron chi connectivity index (χ3n) is 3.04. The highest BCUT2D eigenvalue weighted by molar-refractivity contribution is 7.89. The highest BCUT2D eigenvalue weighted by Crippen LogP contribution is 2.18. The Labute approximate surface area is 134 Å². The largest absolute Gasteiger partial charge is 0.244 e. The Morgan fingerprint density at radius 1 is 1.23 bits per heavy atom. The van der Waals surface area contributed by atoms with Crippen LogP contribution in [-0.2, 0) is 10.0 Å². The number of benzene rings is 1. The van der Waals surface area contributed by atoms with E-state index < -0.39 is 10.0 Å². The van der Waals surface area contributed by atoms with E-state index in [4.69, 9.17) is 0 Å². The van der Waals surface area contributed by atoms with E-state index in [1.807, 2.05) is 13.8 Å². The molecule has 0 unspecified atom stereocenters. The lowest BCUT2D eigenvalue weighted by Crippen LogP contribution is -2.33. The molecule has 0 N–H and O–H groups in total. The Morgan fingerprint density at radius 2 is 1.82 bits per heavy atom. The van der Waals surface area contributed by atoms with Crippen LogP contribution in [0.1, 0.15) is 25.8 Å².